The van der Waals surface area contributed by atoms with Gasteiger partial charge in [-0.3, -0.25) is 0 Å². The number of hydrogen-bond donors (Lipinski definition) is 0. The van der Waals surface area contributed by atoms with Crippen LogP contribution in [0.2, 0.25) is 0 Å². The van der Waals surface area contributed by atoms with Gasteiger partial charge in [0, 0.05) is 37.6 Å². The molecule has 2 aromatic rings. The number of rotatable bonds is 2. The van der Waals surface area contributed by atoms with Crippen molar-refractivity contribution < 1.29 is 33.4 Å². The molecule has 1 aromatic carbocycles. The second-order valence-electron chi connectivity index (χ2n) is 5.01. The SMILES string of the molecule is CCc1ccccc1-[n+]1c(C)cc(C)cc1C.[O-][Cl+3]([O-])([O-])[O-]. The Labute approximate surface area is 132 Å². The van der Waals surface area contributed by atoms with Gasteiger partial charge in [-0.05, 0) is 18.9 Å². The van der Waals surface area contributed by atoms with E-state index in [1.54, 1.807) is 0 Å². The Morgan fingerprint density at radius 3 is 1.82 bits per heavy atom. The van der Waals surface area contributed by atoms with Crippen molar-refractivity contribution in [3.63, 3.8) is 0 Å². The normalized spacial score (nSPS) is 10.9. The molecule has 120 valence electrons. The first-order valence-electron chi connectivity index (χ1n) is 6.83. The van der Waals surface area contributed by atoms with Crippen LogP contribution in [0.25, 0.3) is 5.69 Å². The molecule has 6 heteroatoms. The van der Waals surface area contributed by atoms with Crippen LogP contribution in [0.4, 0.5) is 0 Å². The zero-order valence-electron chi connectivity index (χ0n) is 13.1. The van der Waals surface area contributed by atoms with Crippen LogP contribution in [0, 0.1) is 31.0 Å². The van der Waals surface area contributed by atoms with Gasteiger partial charge in [-0.2, -0.15) is 4.57 Å². The lowest BCUT2D eigenvalue weighted by molar-refractivity contribution is -2.00. The van der Waals surface area contributed by atoms with Gasteiger partial charge in [0.15, 0.2) is 11.4 Å². The third kappa shape index (κ3) is 5.71. The number of pyridine rings is 1. The topological polar surface area (TPSA) is 96.1 Å². The summed E-state index contributed by atoms with van der Waals surface area (Å²) in [5.41, 5.74) is 6.62. The molecule has 5 nitrogen and oxygen atoms in total. The molecule has 0 N–H and O–H groups in total. The highest BCUT2D eigenvalue weighted by Crippen LogP contribution is 2.12. The highest BCUT2D eigenvalue weighted by atomic mass is 35.7. The summed E-state index contributed by atoms with van der Waals surface area (Å²) >= 11 is 0. The lowest BCUT2D eigenvalue weighted by Gasteiger charge is -2.17. The van der Waals surface area contributed by atoms with E-state index in [1.807, 2.05) is 0 Å². The van der Waals surface area contributed by atoms with Gasteiger partial charge in [-0.1, -0.05) is 25.1 Å². The highest BCUT2D eigenvalue weighted by molar-refractivity contribution is 5.34. The van der Waals surface area contributed by atoms with Gasteiger partial charge in [0.25, 0.3) is 0 Å². The summed E-state index contributed by atoms with van der Waals surface area (Å²) in [7, 11) is -4.94. The van der Waals surface area contributed by atoms with Gasteiger partial charge in [-0.15, -0.1) is 10.2 Å². The quantitative estimate of drug-likeness (QED) is 0.641. The van der Waals surface area contributed by atoms with Gasteiger partial charge in [0.05, 0.1) is 0 Å². The van der Waals surface area contributed by atoms with E-state index in [0.29, 0.717) is 0 Å². The van der Waals surface area contributed by atoms with Crippen LogP contribution in [0.5, 0.6) is 0 Å². The molecule has 0 radical (unpaired) electrons. The molecule has 0 aliphatic heterocycles. The summed E-state index contributed by atoms with van der Waals surface area (Å²) in [6, 6.07) is 13.1. The monoisotopic (exact) mass is 325 g/mol. The Balaban J connectivity index is 0.000000422. The number of aromatic nitrogens is 1. The van der Waals surface area contributed by atoms with Crippen molar-refractivity contribution in [3.05, 3.63) is 58.9 Å². The van der Waals surface area contributed by atoms with Crippen LogP contribution in [0.15, 0.2) is 36.4 Å². The van der Waals surface area contributed by atoms with Crippen molar-refractivity contribution in [2.75, 3.05) is 0 Å². The highest BCUT2D eigenvalue weighted by Gasteiger charge is 2.17. The first kappa shape index (κ1) is 18.5. The molecule has 1 heterocycles. The Hall–Kier alpha value is -1.50. The summed E-state index contributed by atoms with van der Waals surface area (Å²) in [4.78, 5) is 0. The third-order valence-corrected chi connectivity index (χ3v) is 3.19. The average molecular weight is 326 g/mol. The summed E-state index contributed by atoms with van der Waals surface area (Å²) in [5, 5.41) is 0. The van der Waals surface area contributed by atoms with Crippen molar-refractivity contribution >= 4 is 0 Å². The molecule has 1 aromatic heterocycles. The van der Waals surface area contributed by atoms with E-state index < -0.39 is 10.2 Å². The second-order valence-corrected chi connectivity index (χ2v) is 5.77. The van der Waals surface area contributed by atoms with Crippen molar-refractivity contribution in [3.8, 4) is 5.69 Å². The number of aryl methyl sites for hydroxylation is 4. The Kier molecular flexibility index (Phi) is 6.47. The molecule has 0 saturated carbocycles. The number of para-hydroxylation sites is 1. The first-order chi connectivity index (χ1) is 10.1. The van der Waals surface area contributed by atoms with Crippen LogP contribution >= 0.6 is 0 Å². The number of halogens is 1. The molecule has 0 saturated heterocycles. The Morgan fingerprint density at radius 1 is 0.909 bits per heavy atom. The summed E-state index contributed by atoms with van der Waals surface area (Å²) in [6.07, 6.45) is 1.07. The lowest BCUT2D eigenvalue weighted by Crippen LogP contribution is -2.68. The standard InChI is InChI=1S/C16H20N.ClHO4/c1-5-15-8-6-7-9-16(15)17-13(3)10-12(2)11-14(17)4;2-1(3,4)5/h6-11H,5H2,1-4H3;(H,2,3,4,5)/q+1;/p-1. The van der Waals surface area contributed by atoms with Crippen LogP contribution in [-0.2, 0) is 6.42 Å². The Morgan fingerprint density at radius 2 is 1.36 bits per heavy atom. The minimum absolute atomic E-state index is 1.07. The van der Waals surface area contributed by atoms with Crippen molar-refractivity contribution in [2.24, 2.45) is 0 Å². The Bertz CT molecular complexity index is 609. The molecule has 0 spiro atoms. The largest absolute Gasteiger partial charge is 0.222 e. The van der Waals surface area contributed by atoms with Crippen molar-refractivity contribution in [2.45, 2.75) is 34.1 Å². The van der Waals surface area contributed by atoms with Gasteiger partial charge >= 0.3 is 0 Å². The van der Waals surface area contributed by atoms with E-state index in [-0.39, 0.29) is 0 Å². The molecule has 0 amide bonds. The maximum Gasteiger partial charge on any atom is 0.214 e. The van der Waals surface area contributed by atoms with Crippen LogP contribution in [0.3, 0.4) is 0 Å². The maximum absolute atomic E-state index is 8.49. The fourth-order valence-electron chi connectivity index (χ4n) is 2.52. The number of benzene rings is 1. The van der Waals surface area contributed by atoms with Crippen molar-refractivity contribution in [1.29, 1.82) is 0 Å². The van der Waals surface area contributed by atoms with Crippen LogP contribution in [-0.4, -0.2) is 0 Å². The van der Waals surface area contributed by atoms with Gasteiger partial charge in [0.2, 0.25) is 5.69 Å². The smallest absolute Gasteiger partial charge is 0.214 e. The summed E-state index contributed by atoms with van der Waals surface area (Å²) in [6.45, 7) is 8.70. The molecule has 0 unspecified atom stereocenters. The van der Waals surface area contributed by atoms with Crippen LogP contribution in [0.1, 0.15) is 29.4 Å². The molecule has 2 rings (SSSR count). The predicted octanol–water partition coefficient (Wildman–Crippen LogP) is -1.31. The third-order valence-electron chi connectivity index (χ3n) is 3.19. The molecule has 0 fully saturated rings. The number of nitrogens with zero attached hydrogens (tertiary/aromatic N) is 1. The second kappa shape index (κ2) is 7.67. The molecule has 0 bridgehead atoms. The fourth-order valence-corrected chi connectivity index (χ4v) is 2.52. The van der Waals surface area contributed by atoms with E-state index in [1.165, 1.54) is 28.2 Å². The molecular weight excluding hydrogens is 306 g/mol. The fraction of sp³-hybridized carbons (Fsp3) is 0.312. The maximum atomic E-state index is 8.49. The molecular formula is C16H20ClNO4. The predicted molar refractivity (Wildman–Crippen MR) is 71.6 cm³/mol. The van der Waals surface area contributed by atoms with E-state index in [4.69, 9.17) is 18.6 Å². The lowest BCUT2D eigenvalue weighted by atomic mass is 10.1. The summed E-state index contributed by atoms with van der Waals surface area (Å²) in [5.74, 6) is 0. The minimum atomic E-state index is -4.94. The average Bonchev–Trinajstić information content (AvgIpc) is 2.36. The number of hydrogen-bond acceptors (Lipinski definition) is 4. The minimum Gasteiger partial charge on any atom is -0.222 e. The zero-order chi connectivity index (χ0) is 16.9. The molecule has 22 heavy (non-hydrogen) atoms. The van der Waals surface area contributed by atoms with Crippen LogP contribution < -0.4 is 23.2 Å². The van der Waals surface area contributed by atoms with Gasteiger partial charge < -0.3 is 0 Å². The summed E-state index contributed by atoms with van der Waals surface area (Å²) < 4.78 is 36.3. The van der Waals surface area contributed by atoms with Crippen molar-refractivity contribution in [1.82, 2.24) is 0 Å². The van der Waals surface area contributed by atoms with E-state index in [0.717, 1.165) is 6.42 Å². The van der Waals surface area contributed by atoms with Gasteiger partial charge in [-0.25, -0.2) is 18.6 Å². The molecule has 0 atom stereocenters. The zero-order valence-corrected chi connectivity index (χ0v) is 13.9. The van der Waals surface area contributed by atoms with E-state index in [9.17, 15) is 0 Å². The van der Waals surface area contributed by atoms with E-state index >= 15 is 0 Å². The molecule has 0 aliphatic carbocycles. The first-order valence-corrected chi connectivity index (χ1v) is 8.07. The molecule has 0 aliphatic rings. The van der Waals surface area contributed by atoms with E-state index in [2.05, 4.69) is 68.7 Å². The van der Waals surface area contributed by atoms with Gasteiger partial charge in [0.1, 0.15) is 0 Å².